The number of rotatable bonds is 5. The van der Waals surface area contributed by atoms with E-state index in [2.05, 4.69) is 19.2 Å². The van der Waals surface area contributed by atoms with Gasteiger partial charge in [-0.25, -0.2) is 4.39 Å². The van der Waals surface area contributed by atoms with E-state index in [0.717, 1.165) is 29.7 Å². The Bertz CT molecular complexity index is 709. The fourth-order valence-electron chi connectivity index (χ4n) is 3.31. The Kier molecular flexibility index (Phi) is 5.59. The van der Waals surface area contributed by atoms with Crippen molar-refractivity contribution >= 4 is 0 Å². The summed E-state index contributed by atoms with van der Waals surface area (Å²) in [4.78, 5) is 0. The highest BCUT2D eigenvalue weighted by atomic mass is 19.1. The van der Waals surface area contributed by atoms with Gasteiger partial charge in [0.1, 0.15) is 11.9 Å². The highest BCUT2D eigenvalue weighted by molar-refractivity contribution is 5.72. The Morgan fingerprint density at radius 1 is 1.16 bits per heavy atom. The molecule has 3 nitrogen and oxygen atoms in total. The molecule has 0 saturated carbocycles. The van der Waals surface area contributed by atoms with Gasteiger partial charge in [0.15, 0.2) is 11.5 Å². The first-order valence-corrected chi connectivity index (χ1v) is 8.78. The standard InChI is InChI=1S/C21H25FNO2/c1-14-12-20(24-3)21(25-15(2)19-6-4-5-11-23-19)13-18(14)16-7-9-17(22)10-8-16/h7-10,12-13,15,19,23H,1,4-6,11H2,2-3H3. The fraction of sp³-hybridized carbons (Fsp3) is 0.381. The third-order valence-corrected chi connectivity index (χ3v) is 4.77. The van der Waals surface area contributed by atoms with Gasteiger partial charge < -0.3 is 14.8 Å². The third kappa shape index (κ3) is 4.13. The number of benzene rings is 2. The maximum Gasteiger partial charge on any atom is 0.162 e. The summed E-state index contributed by atoms with van der Waals surface area (Å²) >= 11 is 0. The SMILES string of the molecule is [CH2]c1cc(OC)c(OC(C)C2CCCCN2)cc1-c1ccc(F)cc1. The van der Waals surface area contributed by atoms with Crippen molar-refractivity contribution < 1.29 is 13.9 Å². The lowest BCUT2D eigenvalue weighted by molar-refractivity contribution is 0.148. The van der Waals surface area contributed by atoms with Gasteiger partial charge in [0, 0.05) is 6.04 Å². The van der Waals surface area contributed by atoms with E-state index >= 15 is 0 Å². The number of hydrogen-bond donors (Lipinski definition) is 1. The lowest BCUT2D eigenvalue weighted by Crippen LogP contribution is -2.44. The smallest absolute Gasteiger partial charge is 0.162 e. The molecule has 2 unspecified atom stereocenters. The van der Waals surface area contributed by atoms with Crippen molar-refractivity contribution in [2.24, 2.45) is 0 Å². The van der Waals surface area contributed by atoms with Crippen LogP contribution in [0.25, 0.3) is 11.1 Å². The van der Waals surface area contributed by atoms with Crippen molar-refractivity contribution in [2.45, 2.75) is 38.3 Å². The van der Waals surface area contributed by atoms with Crippen LogP contribution in [0.1, 0.15) is 31.7 Å². The topological polar surface area (TPSA) is 30.5 Å². The van der Waals surface area contributed by atoms with Crippen LogP contribution in [0.2, 0.25) is 0 Å². The minimum Gasteiger partial charge on any atom is -0.493 e. The molecule has 1 radical (unpaired) electrons. The molecule has 0 amide bonds. The van der Waals surface area contributed by atoms with Gasteiger partial charge in [-0.05, 0) is 74.2 Å². The van der Waals surface area contributed by atoms with Gasteiger partial charge in [-0.15, -0.1) is 0 Å². The number of methoxy groups -OCH3 is 1. The van der Waals surface area contributed by atoms with Crippen molar-refractivity contribution in [1.82, 2.24) is 5.32 Å². The average Bonchev–Trinajstić information content (AvgIpc) is 2.64. The van der Waals surface area contributed by atoms with Gasteiger partial charge in [-0.3, -0.25) is 0 Å². The minimum atomic E-state index is -0.253. The van der Waals surface area contributed by atoms with Crippen LogP contribution < -0.4 is 14.8 Å². The molecule has 0 bridgehead atoms. The van der Waals surface area contributed by atoms with Crippen LogP contribution in [0, 0.1) is 12.7 Å². The summed E-state index contributed by atoms with van der Waals surface area (Å²) < 4.78 is 24.9. The Morgan fingerprint density at radius 2 is 1.92 bits per heavy atom. The summed E-state index contributed by atoms with van der Waals surface area (Å²) in [5.74, 6) is 1.10. The Labute approximate surface area is 149 Å². The summed E-state index contributed by atoms with van der Waals surface area (Å²) in [7, 11) is 1.63. The fourth-order valence-corrected chi connectivity index (χ4v) is 3.31. The highest BCUT2D eigenvalue weighted by Gasteiger charge is 2.22. The van der Waals surface area contributed by atoms with Crippen LogP contribution in [0.15, 0.2) is 36.4 Å². The molecule has 25 heavy (non-hydrogen) atoms. The predicted octanol–water partition coefficient (Wildman–Crippen LogP) is 4.59. The zero-order valence-electron chi connectivity index (χ0n) is 14.8. The van der Waals surface area contributed by atoms with Crippen LogP contribution in [0.3, 0.4) is 0 Å². The van der Waals surface area contributed by atoms with Crippen LogP contribution in [-0.2, 0) is 0 Å². The van der Waals surface area contributed by atoms with Crippen LogP contribution in [0.4, 0.5) is 4.39 Å². The van der Waals surface area contributed by atoms with Crippen LogP contribution >= 0.6 is 0 Å². The largest absolute Gasteiger partial charge is 0.493 e. The molecule has 1 heterocycles. The molecule has 1 saturated heterocycles. The van der Waals surface area contributed by atoms with Crippen molar-refractivity contribution in [3.8, 4) is 22.6 Å². The van der Waals surface area contributed by atoms with Crippen molar-refractivity contribution in [3.05, 3.63) is 54.7 Å². The number of halogens is 1. The maximum atomic E-state index is 13.2. The van der Waals surface area contributed by atoms with Gasteiger partial charge in [0.05, 0.1) is 7.11 Å². The molecule has 0 aliphatic carbocycles. The van der Waals surface area contributed by atoms with Crippen molar-refractivity contribution in [3.63, 3.8) is 0 Å². The molecular weight excluding hydrogens is 317 g/mol. The minimum absolute atomic E-state index is 0.0333. The molecule has 2 aromatic rings. The van der Waals surface area contributed by atoms with Gasteiger partial charge in [0.25, 0.3) is 0 Å². The molecule has 0 aromatic heterocycles. The quantitative estimate of drug-likeness (QED) is 0.862. The number of ether oxygens (including phenoxy) is 2. The van der Waals surface area contributed by atoms with E-state index in [9.17, 15) is 4.39 Å². The highest BCUT2D eigenvalue weighted by Crippen LogP contribution is 2.36. The number of piperidine rings is 1. The van der Waals surface area contributed by atoms with Gasteiger partial charge in [0.2, 0.25) is 0 Å². The van der Waals surface area contributed by atoms with E-state index in [4.69, 9.17) is 9.47 Å². The van der Waals surface area contributed by atoms with Crippen molar-refractivity contribution in [2.75, 3.05) is 13.7 Å². The molecule has 4 heteroatoms. The Hall–Kier alpha value is -2.07. The lowest BCUT2D eigenvalue weighted by atomic mass is 9.99. The number of nitrogens with one attached hydrogen (secondary N) is 1. The van der Waals surface area contributed by atoms with E-state index in [1.807, 2.05) is 12.1 Å². The maximum absolute atomic E-state index is 13.2. The molecule has 1 fully saturated rings. The predicted molar refractivity (Wildman–Crippen MR) is 98.6 cm³/mol. The summed E-state index contributed by atoms with van der Waals surface area (Å²) in [5, 5.41) is 3.52. The second-order valence-electron chi connectivity index (χ2n) is 6.55. The second kappa shape index (κ2) is 7.87. The molecule has 2 atom stereocenters. The van der Waals surface area contributed by atoms with E-state index in [0.29, 0.717) is 17.5 Å². The van der Waals surface area contributed by atoms with Gasteiger partial charge >= 0.3 is 0 Å². The molecule has 133 valence electrons. The summed E-state index contributed by atoms with van der Waals surface area (Å²) in [6, 6.07) is 10.6. The molecule has 2 aromatic carbocycles. The van der Waals surface area contributed by atoms with Crippen molar-refractivity contribution in [1.29, 1.82) is 0 Å². The molecular formula is C21H25FNO2. The second-order valence-corrected chi connectivity index (χ2v) is 6.55. The van der Waals surface area contributed by atoms with E-state index in [-0.39, 0.29) is 11.9 Å². The summed E-state index contributed by atoms with van der Waals surface area (Å²) in [6.45, 7) is 7.21. The van der Waals surface area contributed by atoms with E-state index < -0.39 is 0 Å². The first kappa shape index (κ1) is 17.7. The third-order valence-electron chi connectivity index (χ3n) is 4.77. The molecule has 1 N–H and O–H groups in total. The number of hydrogen-bond acceptors (Lipinski definition) is 3. The van der Waals surface area contributed by atoms with Gasteiger partial charge in [-0.1, -0.05) is 18.6 Å². The Morgan fingerprint density at radius 3 is 2.56 bits per heavy atom. The normalized spacial score (nSPS) is 18.6. The zero-order chi connectivity index (χ0) is 17.8. The average molecular weight is 342 g/mol. The zero-order valence-corrected chi connectivity index (χ0v) is 14.8. The summed E-state index contributed by atoms with van der Waals surface area (Å²) in [5.41, 5.74) is 2.64. The van der Waals surface area contributed by atoms with E-state index in [1.165, 1.54) is 25.0 Å². The van der Waals surface area contributed by atoms with Crippen LogP contribution in [0.5, 0.6) is 11.5 Å². The molecule has 1 aliphatic rings. The van der Waals surface area contributed by atoms with Gasteiger partial charge in [-0.2, -0.15) is 0 Å². The molecule has 0 spiro atoms. The first-order valence-electron chi connectivity index (χ1n) is 8.78. The Balaban J connectivity index is 1.89. The first-order chi connectivity index (χ1) is 12.1. The van der Waals surface area contributed by atoms with Crippen LogP contribution in [-0.4, -0.2) is 25.8 Å². The van der Waals surface area contributed by atoms with E-state index in [1.54, 1.807) is 19.2 Å². The summed E-state index contributed by atoms with van der Waals surface area (Å²) in [6.07, 6.45) is 3.59. The molecule has 1 aliphatic heterocycles. The molecule has 3 rings (SSSR count). The lowest BCUT2D eigenvalue weighted by Gasteiger charge is -2.30. The monoisotopic (exact) mass is 342 g/mol.